The van der Waals surface area contributed by atoms with Crippen LogP contribution in [0.4, 0.5) is 18.9 Å². The maximum atomic E-state index is 13.9. The topological polar surface area (TPSA) is 37.4 Å². The molecule has 3 rings (SSSR count). The molecule has 0 saturated carbocycles. The summed E-state index contributed by atoms with van der Waals surface area (Å²) < 4.78 is 67.1. The Balaban J connectivity index is 1.98. The molecule has 1 aliphatic heterocycles. The lowest BCUT2D eigenvalue weighted by molar-refractivity contribution is -0.137. The van der Waals surface area contributed by atoms with E-state index >= 15 is 0 Å². The molecule has 0 spiro atoms. The van der Waals surface area contributed by atoms with Crippen molar-refractivity contribution in [3.63, 3.8) is 0 Å². The van der Waals surface area contributed by atoms with Gasteiger partial charge in [-0.25, -0.2) is 8.42 Å². The standard InChI is InChI=1S/C23H26F3NO2S/c1-4-11-27-17(3)7-10-20-12-19(13-21(22(20)27)23(24,25)26)15-30(28,29)14-18-8-5-16(2)6-9-18/h5-6,8-9,12-13H,3-4,7,10-11,14-15H2,1-2H3. The summed E-state index contributed by atoms with van der Waals surface area (Å²) in [6, 6.07) is 9.71. The van der Waals surface area contributed by atoms with Crippen LogP contribution >= 0.6 is 0 Å². The number of nitrogens with zero attached hydrogens (tertiary/aromatic N) is 1. The van der Waals surface area contributed by atoms with Gasteiger partial charge >= 0.3 is 6.18 Å². The van der Waals surface area contributed by atoms with Crippen molar-refractivity contribution < 1.29 is 21.6 Å². The average Bonchev–Trinajstić information content (AvgIpc) is 2.64. The summed E-state index contributed by atoms with van der Waals surface area (Å²) in [6.45, 7) is 8.19. The van der Waals surface area contributed by atoms with Gasteiger partial charge in [0.25, 0.3) is 0 Å². The first-order valence-corrected chi connectivity index (χ1v) is 11.8. The molecule has 0 amide bonds. The maximum absolute atomic E-state index is 13.9. The Bertz CT molecular complexity index is 1040. The second-order valence-corrected chi connectivity index (χ2v) is 9.95. The minimum absolute atomic E-state index is 0.125. The van der Waals surface area contributed by atoms with Crippen LogP contribution in [-0.2, 0) is 33.9 Å². The third-order valence-corrected chi connectivity index (χ3v) is 6.78. The van der Waals surface area contributed by atoms with Crippen molar-refractivity contribution in [3.05, 3.63) is 76.5 Å². The largest absolute Gasteiger partial charge is 0.418 e. The van der Waals surface area contributed by atoms with Gasteiger partial charge in [0.05, 0.1) is 22.8 Å². The van der Waals surface area contributed by atoms with Crippen LogP contribution in [0, 0.1) is 6.92 Å². The van der Waals surface area contributed by atoms with Crippen molar-refractivity contribution in [3.8, 4) is 0 Å². The fourth-order valence-corrected chi connectivity index (χ4v) is 5.35. The number of rotatable bonds is 6. The molecule has 162 valence electrons. The number of anilines is 1. The lowest BCUT2D eigenvalue weighted by Crippen LogP contribution is -2.30. The monoisotopic (exact) mass is 437 g/mol. The first kappa shape index (κ1) is 22.4. The molecule has 3 nitrogen and oxygen atoms in total. The Hall–Kier alpha value is -2.28. The number of benzene rings is 2. The Morgan fingerprint density at radius 3 is 2.27 bits per heavy atom. The molecular weight excluding hydrogens is 411 g/mol. The highest BCUT2D eigenvalue weighted by Gasteiger charge is 2.38. The Kier molecular flexibility index (Phi) is 6.32. The normalized spacial score (nSPS) is 14.7. The quantitative estimate of drug-likeness (QED) is 0.573. The smallest absolute Gasteiger partial charge is 0.345 e. The zero-order valence-electron chi connectivity index (χ0n) is 17.2. The van der Waals surface area contributed by atoms with Gasteiger partial charge in [0.15, 0.2) is 9.84 Å². The van der Waals surface area contributed by atoms with E-state index in [9.17, 15) is 21.6 Å². The van der Waals surface area contributed by atoms with Gasteiger partial charge in [-0.15, -0.1) is 0 Å². The summed E-state index contributed by atoms with van der Waals surface area (Å²) in [4.78, 5) is 1.63. The highest BCUT2D eigenvalue weighted by atomic mass is 32.2. The molecule has 0 aliphatic carbocycles. The lowest BCUT2D eigenvalue weighted by atomic mass is 9.93. The van der Waals surface area contributed by atoms with Crippen LogP contribution in [0.25, 0.3) is 0 Å². The Labute approximate surface area is 176 Å². The van der Waals surface area contributed by atoms with Gasteiger partial charge < -0.3 is 4.90 Å². The molecule has 0 saturated heterocycles. The van der Waals surface area contributed by atoms with E-state index in [4.69, 9.17) is 0 Å². The van der Waals surface area contributed by atoms with Crippen molar-refractivity contribution in [1.29, 1.82) is 0 Å². The van der Waals surface area contributed by atoms with E-state index in [0.717, 1.165) is 11.6 Å². The van der Waals surface area contributed by atoms with Gasteiger partial charge in [-0.2, -0.15) is 13.2 Å². The van der Waals surface area contributed by atoms with Crippen molar-refractivity contribution in [1.82, 2.24) is 0 Å². The number of sulfone groups is 1. The molecular formula is C23H26F3NO2S. The van der Waals surface area contributed by atoms with E-state index in [0.29, 0.717) is 42.6 Å². The summed E-state index contributed by atoms with van der Waals surface area (Å²) in [6.07, 6.45) is -2.92. The van der Waals surface area contributed by atoms with Gasteiger partial charge in [0.1, 0.15) is 0 Å². The van der Waals surface area contributed by atoms with Crippen LogP contribution in [-0.4, -0.2) is 15.0 Å². The van der Waals surface area contributed by atoms with Gasteiger partial charge in [-0.3, -0.25) is 0 Å². The summed E-state index contributed by atoms with van der Waals surface area (Å²) in [5, 5.41) is 0. The van der Waals surface area contributed by atoms with Gasteiger partial charge in [0.2, 0.25) is 0 Å². The minimum Gasteiger partial charge on any atom is -0.345 e. The highest BCUT2D eigenvalue weighted by Crippen LogP contribution is 2.44. The molecule has 0 bridgehead atoms. The summed E-state index contributed by atoms with van der Waals surface area (Å²) >= 11 is 0. The van der Waals surface area contributed by atoms with Crippen LogP contribution in [0.2, 0.25) is 0 Å². The van der Waals surface area contributed by atoms with E-state index in [1.165, 1.54) is 0 Å². The van der Waals surface area contributed by atoms with Gasteiger partial charge in [-0.05, 0) is 48.9 Å². The third kappa shape index (κ3) is 5.06. The summed E-state index contributed by atoms with van der Waals surface area (Å²) in [5.41, 5.74) is 2.35. The van der Waals surface area contributed by atoms with Crippen LogP contribution in [0.5, 0.6) is 0 Å². The first-order chi connectivity index (χ1) is 14.0. The van der Waals surface area contributed by atoms with E-state index in [2.05, 4.69) is 6.58 Å². The molecule has 2 aromatic carbocycles. The summed E-state index contributed by atoms with van der Waals surface area (Å²) in [7, 11) is -3.62. The number of aryl methyl sites for hydroxylation is 2. The Morgan fingerprint density at radius 1 is 1.03 bits per heavy atom. The van der Waals surface area contributed by atoms with Gasteiger partial charge in [0, 0.05) is 12.2 Å². The fourth-order valence-electron chi connectivity index (χ4n) is 3.88. The van der Waals surface area contributed by atoms with Crippen molar-refractivity contribution >= 4 is 15.5 Å². The first-order valence-electron chi connectivity index (χ1n) is 9.94. The molecule has 1 aliphatic rings. The van der Waals surface area contributed by atoms with Crippen molar-refractivity contribution in [2.45, 2.75) is 50.8 Å². The number of alkyl halides is 3. The zero-order chi connectivity index (χ0) is 22.1. The zero-order valence-corrected chi connectivity index (χ0v) is 18.0. The number of fused-ring (bicyclic) bond motifs is 1. The average molecular weight is 438 g/mol. The molecule has 0 fully saturated rings. The number of hydrogen-bond donors (Lipinski definition) is 0. The Morgan fingerprint density at radius 2 is 1.67 bits per heavy atom. The van der Waals surface area contributed by atoms with E-state index in [1.54, 1.807) is 23.1 Å². The van der Waals surface area contributed by atoms with Crippen LogP contribution < -0.4 is 4.90 Å². The van der Waals surface area contributed by atoms with Crippen LogP contribution in [0.3, 0.4) is 0 Å². The molecule has 1 heterocycles. The minimum atomic E-state index is -4.58. The number of allylic oxidation sites excluding steroid dienone is 1. The van der Waals surface area contributed by atoms with E-state index < -0.39 is 27.3 Å². The predicted octanol–water partition coefficient (Wildman–Crippen LogP) is 5.81. The van der Waals surface area contributed by atoms with E-state index in [1.807, 2.05) is 26.0 Å². The second kappa shape index (κ2) is 8.46. The summed E-state index contributed by atoms with van der Waals surface area (Å²) in [5.74, 6) is -0.629. The third-order valence-electron chi connectivity index (χ3n) is 5.23. The molecule has 0 unspecified atom stereocenters. The molecule has 0 radical (unpaired) electrons. The highest BCUT2D eigenvalue weighted by molar-refractivity contribution is 7.89. The lowest BCUT2D eigenvalue weighted by Gasteiger charge is -2.35. The molecule has 30 heavy (non-hydrogen) atoms. The SMILES string of the molecule is C=C1CCc2cc(CS(=O)(=O)Cc3ccc(C)cc3)cc(C(F)(F)F)c2N1CCC. The second-order valence-electron chi connectivity index (χ2n) is 7.88. The van der Waals surface area contributed by atoms with E-state index in [-0.39, 0.29) is 17.0 Å². The molecule has 2 aromatic rings. The van der Waals surface area contributed by atoms with Gasteiger partial charge in [-0.1, -0.05) is 49.4 Å². The predicted molar refractivity (Wildman–Crippen MR) is 114 cm³/mol. The molecule has 0 N–H and O–H groups in total. The van der Waals surface area contributed by atoms with Crippen molar-refractivity contribution in [2.24, 2.45) is 0 Å². The fraction of sp³-hybridized carbons (Fsp3) is 0.391. The molecule has 0 atom stereocenters. The van der Waals surface area contributed by atoms with Crippen LogP contribution in [0.1, 0.15) is 47.6 Å². The maximum Gasteiger partial charge on any atom is 0.418 e. The molecule has 7 heteroatoms. The number of hydrogen-bond acceptors (Lipinski definition) is 3. The number of halogens is 3. The molecule has 0 aromatic heterocycles. The van der Waals surface area contributed by atoms with Crippen LogP contribution in [0.15, 0.2) is 48.7 Å². The van der Waals surface area contributed by atoms with Crippen molar-refractivity contribution in [2.75, 3.05) is 11.4 Å².